The molecule has 7 rings (SSSR count). The number of aromatic hydroxyl groups is 1. The zero-order chi connectivity index (χ0) is 46.9. The van der Waals surface area contributed by atoms with Gasteiger partial charge in [-0.3, -0.25) is 33.8 Å². The summed E-state index contributed by atoms with van der Waals surface area (Å²) < 4.78 is 0. The van der Waals surface area contributed by atoms with Gasteiger partial charge in [-0.2, -0.15) is 0 Å². The Morgan fingerprint density at radius 1 is 0.667 bits per heavy atom. The number of aromatic nitrogens is 2. The quantitative estimate of drug-likeness (QED) is 0.0497. The van der Waals surface area contributed by atoms with Gasteiger partial charge in [0.15, 0.2) is 5.96 Å². The van der Waals surface area contributed by atoms with E-state index in [4.69, 9.17) is 11.5 Å². The third kappa shape index (κ3) is 11.5. The second-order valence-electron chi connectivity index (χ2n) is 17.6. The van der Waals surface area contributed by atoms with Crippen molar-refractivity contribution in [3.63, 3.8) is 0 Å². The number of aliphatic imine (C=N–C) groups is 1. The van der Waals surface area contributed by atoms with Gasteiger partial charge in [0.25, 0.3) is 0 Å². The second-order valence-corrected chi connectivity index (χ2v) is 17.6. The van der Waals surface area contributed by atoms with Crippen molar-refractivity contribution < 1.29 is 33.9 Å². The molecule has 2 aromatic heterocycles. The smallest absolute Gasteiger partial charge is 0.246 e. The summed E-state index contributed by atoms with van der Waals surface area (Å²) in [5.41, 5.74) is 14.9. The Labute approximate surface area is 382 Å². The number of phenols is 1. The molecule has 66 heavy (non-hydrogen) atoms. The Kier molecular flexibility index (Phi) is 14.9. The van der Waals surface area contributed by atoms with E-state index >= 15 is 0 Å². The topological polar surface area (TPSA) is 282 Å². The van der Waals surface area contributed by atoms with Gasteiger partial charge in [0.05, 0.1) is 0 Å². The van der Waals surface area contributed by atoms with Gasteiger partial charge in [0.2, 0.25) is 35.4 Å². The van der Waals surface area contributed by atoms with Crippen molar-refractivity contribution in [1.82, 2.24) is 41.5 Å². The first-order valence-electron chi connectivity index (χ1n) is 22.5. The minimum absolute atomic E-state index is 0.0109. The average Bonchev–Trinajstić information content (AvgIpc) is 4.06. The largest absolute Gasteiger partial charge is 0.508 e. The number of aromatic amines is 2. The fraction of sp³-hybridized carbons (Fsp3) is 0.396. The Morgan fingerprint density at radius 3 is 1.79 bits per heavy atom. The number of amides is 6. The molecule has 0 aliphatic carbocycles. The molecule has 2 saturated heterocycles. The number of H-pyrrole nitrogens is 2. The van der Waals surface area contributed by atoms with E-state index in [1.165, 1.54) is 17.0 Å². The molecule has 2 fully saturated rings. The van der Waals surface area contributed by atoms with Crippen molar-refractivity contribution in [2.75, 3.05) is 13.1 Å². The molecule has 2 aliphatic heterocycles. The van der Waals surface area contributed by atoms with Gasteiger partial charge in [-0.25, -0.2) is 0 Å². The summed E-state index contributed by atoms with van der Waals surface area (Å²) in [6.07, 6.45) is 4.84. The number of nitrogens with zero attached hydrogens (tertiary/aromatic N) is 2. The van der Waals surface area contributed by atoms with Crippen molar-refractivity contribution in [2.24, 2.45) is 22.4 Å². The number of hydrogen-bond donors (Lipinski definition) is 10. The van der Waals surface area contributed by atoms with Crippen molar-refractivity contribution in [2.45, 2.75) is 101 Å². The number of carbonyl (C=O) groups is 6. The van der Waals surface area contributed by atoms with Crippen molar-refractivity contribution in [3.05, 3.63) is 102 Å². The summed E-state index contributed by atoms with van der Waals surface area (Å²) in [5.74, 6) is -3.97. The summed E-state index contributed by atoms with van der Waals surface area (Å²) in [4.78, 5) is 99.6. The van der Waals surface area contributed by atoms with Gasteiger partial charge in [-0.05, 0) is 79.0 Å². The first kappa shape index (κ1) is 46.6. The van der Waals surface area contributed by atoms with Crippen LogP contribution >= 0.6 is 0 Å². The molecule has 6 atom stereocenters. The van der Waals surface area contributed by atoms with Crippen LogP contribution in [0.5, 0.6) is 5.75 Å². The maximum Gasteiger partial charge on any atom is 0.246 e. The van der Waals surface area contributed by atoms with Gasteiger partial charge in [0.1, 0.15) is 42.0 Å². The Bertz CT molecular complexity index is 2580. The first-order valence-corrected chi connectivity index (χ1v) is 22.5. The maximum absolute atomic E-state index is 14.9. The van der Waals surface area contributed by atoms with Gasteiger partial charge < -0.3 is 58.0 Å². The molecule has 4 heterocycles. The highest BCUT2D eigenvalue weighted by molar-refractivity contribution is 5.99. The fourth-order valence-corrected chi connectivity index (χ4v) is 8.86. The Hall–Kier alpha value is -7.37. The molecule has 3 aromatic carbocycles. The third-order valence-corrected chi connectivity index (χ3v) is 12.2. The van der Waals surface area contributed by atoms with Crippen LogP contribution in [0.3, 0.4) is 0 Å². The number of nitrogens with two attached hydrogens (primary N) is 2. The zero-order valence-corrected chi connectivity index (χ0v) is 37.1. The lowest BCUT2D eigenvalue weighted by Gasteiger charge is -2.32. The number of rotatable bonds is 12. The van der Waals surface area contributed by atoms with E-state index < -0.39 is 71.7 Å². The third-order valence-electron chi connectivity index (χ3n) is 12.2. The number of hydrogen-bond acceptors (Lipinski definition) is 8. The molecule has 0 bridgehead atoms. The van der Waals surface area contributed by atoms with Crippen molar-refractivity contribution in [3.8, 4) is 5.75 Å². The minimum Gasteiger partial charge on any atom is -0.508 e. The van der Waals surface area contributed by atoms with Gasteiger partial charge >= 0.3 is 0 Å². The predicted octanol–water partition coefficient (Wildman–Crippen LogP) is 1.91. The number of fused-ring (bicyclic) bond motifs is 3. The average molecular weight is 902 g/mol. The Balaban J connectivity index is 1.29. The zero-order valence-electron chi connectivity index (χ0n) is 37.1. The van der Waals surface area contributed by atoms with Gasteiger partial charge in [-0.1, -0.05) is 62.4 Å². The van der Waals surface area contributed by atoms with E-state index in [-0.39, 0.29) is 75.7 Å². The van der Waals surface area contributed by atoms with Gasteiger partial charge in [-0.15, -0.1) is 0 Å². The van der Waals surface area contributed by atoms with Crippen LogP contribution in [0.15, 0.2) is 90.2 Å². The van der Waals surface area contributed by atoms with E-state index in [0.717, 1.165) is 32.9 Å². The fourth-order valence-electron chi connectivity index (χ4n) is 8.86. The van der Waals surface area contributed by atoms with Crippen LogP contribution in [0.1, 0.15) is 62.6 Å². The number of benzene rings is 3. The molecular formula is C48H59N11O7. The van der Waals surface area contributed by atoms with Crippen LogP contribution in [0.4, 0.5) is 0 Å². The predicted molar refractivity (Wildman–Crippen MR) is 250 cm³/mol. The monoisotopic (exact) mass is 901 g/mol. The van der Waals surface area contributed by atoms with Gasteiger partial charge in [0, 0.05) is 66.6 Å². The SMILES string of the molecule is CC(C)C[C@@H]1NC(=O)[C@@H](Cc2c[nH]c3ccccc23)NC(=O)[C@H](CCCN=C(N)N)NC(=O)[C@@H]2CCCN2C(=O)[C@H](Cc2c[nH]c3ccccc23)NC(=O)[C@H](Cc2ccc(O)cc2)NC1=O. The molecule has 6 amide bonds. The molecule has 18 heteroatoms. The molecule has 18 nitrogen and oxygen atoms in total. The summed E-state index contributed by atoms with van der Waals surface area (Å²) >= 11 is 0. The number of carbonyl (C=O) groups excluding carboxylic acids is 6. The van der Waals surface area contributed by atoms with Crippen molar-refractivity contribution in [1.29, 1.82) is 0 Å². The summed E-state index contributed by atoms with van der Waals surface area (Å²) in [6.45, 7) is 4.14. The molecular weight excluding hydrogens is 843 g/mol. The van der Waals surface area contributed by atoms with Crippen LogP contribution in [0.25, 0.3) is 21.8 Å². The Morgan fingerprint density at radius 2 is 1.18 bits per heavy atom. The van der Waals surface area contributed by atoms with E-state index in [1.54, 1.807) is 24.5 Å². The molecule has 348 valence electrons. The highest BCUT2D eigenvalue weighted by atomic mass is 16.3. The summed E-state index contributed by atoms with van der Waals surface area (Å²) in [6, 6.07) is 14.2. The number of phenolic OH excluding ortho intramolecular Hbond substituents is 1. The first-order chi connectivity index (χ1) is 31.7. The highest BCUT2D eigenvalue weighted by Gasteiger charge is 2.41. The molecule has 5 aromatic rings. The standard InChI is InChI=1S/C48H59N11O7/c1-27(2)21-37-43(62)56-38(22-28-15-17-31(60)18-16-28)44(63)58-40(24-30-26-53-35-12-6-4-10-33(30)35)47(66)59-20-8-14-41(59)46(65)54-36(13-7-19-51-48(49)50)42(61)57-39(45(64)55-37)23-29-25-52-34-11-5-3-9-32(29)34/h3-6,9-12,15-18,25-27,36-41,52-53,60H,7-8,13-14,19-24H2,1-2H3,(H,54,65)(H,55,64)(H,56,62)(H,57,61)(H,58,63)(H4,49,50,51)/t36-,37-,38-,39+,40-,41-/m0/s1. The number of para-hydroxylation sites is 2. The van der Waals surface area contributed by atoms with E-state index in [2.05, 4.69) is 41.5 Å². The highest BCUT2D eigenvalue weighted by Crippen LogP contribution is 2.25. The minimum atomic E-state index is -1.26. The van der Waals surface area contributed by atoms with Crippen LogP contribution in [-0.2, 0) is 48.0 Å². The molecule has 2 aliphatic rings. The van der Waals surface area contributed by atoms with E-state index in [1.807, 2.05) is 62.4 Å². The van der Waals surface area contributed by atoms with Crippen molar-refractivity contribution >= 4 is 63.2 Å². The summed E-state index contributed by atoms with van der Waals surface area (Å²) in [7, 11) is 0. The second kappa shape index (κ2) is 21.1. The summed E-state index contributed by atoms with van der Waals surface area (Å²) in [5, 5.41) is 26.2. The maximum atomic E-state index is 14.9. The lowest BCUT2D eigenvalue weighted by molar-refractivity contribution is -0.142. The van der Waals surface area contributed by atoms with E-state index in [0.29, 0.717) is 12.0 Å². The molecule has 0 unspecified atom stereocenters. The molecule has 0 radical (unpaired) electrons. The van der Waals surface area contributed by atoms with Crippen LogP contribution in [-0.4, -0.2) is 111 Å². The lowest BCUT2D eigenvalue weighted by Crippen LogP contribution is -2.62. The number of guanidine groups is 1. The van der Waals surface area contributed by atoms with Crippen LogP contribution < -0.4 is 38.1 Å². The molecule has 12 N–H and O–H groups in total. The molecule has 0 saturated carbocycles. The molecule has 0 spiro atoms. The normalized spacial score (nSPS) is 22.5. The number of nitrogens with one attached hydrogen (secondary N) is 7. The lowest BCUT2D eigenvalue weighted by atomic mass is 9.98. The van der Waals surface area contributed by atoms with Crippen LogP contribution in [0.2, 0.25) is 0 Å². The van der Waals surface area contributed by atoms with Crippen LogP contribution in [0, 0.1) is 5.92 Å². The van der Waals surface area contributed by atoms with E-state index in [9.17, 15) is 33.9 Å².